The summed E-state index contributed by atoms with van der Waals surface area (Å²) in [6.07, 6.45) is 0. The van der Waals surface area contributed by atoms with Gasteiger partial charge in [-0.3, -0.25) is 4.79 Å². The van der Waals surface area contributed by atoms with Crippen molar-refractivity contribution in [1.29, 1.82) is 0 Å². The van der Waals surface area contributed by atoms with Gasteiger partial charge in [0.2, 0.25) is 0 Å². The van der Waals surface area contributed by atoms with Crippen molar-refractivity contribution < 1.29 is 9.53 Å². The van der Waals surface area contributed by atoms with Gasteiger partial charge in [-0.05, 0) is 43.7 Å². The molecule has 2 aromatic rings. The van der Waals surface area contributed by atoms with Crippen LogP contribution in [0.5, 0.6) is 5.75 Å². The summed E-state index contributed by atoms with van der Waals surface area (Å²) in [6.45, 7) is 3.97. The molecule has 98 valence electrons. The van der Waals surface area contributed by atoms with E-state index in [4.69, 9.17) is 4.74 Å². The van der Waals surface area contributed by atoms with E-state index in [1.54, 1.807) is 0 Å². The summed E-state index contributed by atoms with van der Waals surface area (Å²) < 4.78 is 6.45. The Labute approximate surface area is 121 Å². The van der Waals surface area contributed by atoms with Crippen LogP contribution in [0, 0.1) is 13.8 Å². The Hall–Kier alpha value is -1.61. The van der Waals surface area contributed by atoms with Crippen molar-refractivity contribution in [3.05, 3.63) is 63.6 Å². The molecule has 0 aromatic heterocycles. The molecule has 2 nitrogen and oxygen atoms in total. The summed E-state index contributed by atoms with van der Waals surface area (Å²) in [4.78, 5) is 12.1. The molecule has 0 aliphatic heterocycles. The fourth-order valence-corrected chi connectivity index (χ4v) is 2.20. The number of hydrogen-bond donors (Lipinski definition) is 0. The molecular weight excluding hydrogens is 304 g/mol. The Morgan fingerprint density at radius 3 is 2.68 bits per heavy atom. The third-order valence-corrected chi connectivity index (χ3v) is 3.35. The van der Waals surface area contributed by atoms with E-state index >= 15 is 0 Å². The standard InChI is InChI=1S/C16H15BrO2/c1-11-6-7-12(2)15(8-11)16(18)10-19-14-5-3-4-13(17)9-14/h3-9H,10H2,1-2H3. The number of halogens is 1. The summed E-state index contributed by atoms with van der Waals surface area (Å²) in [5.74, 6) is 0.689. The van der Waals surface area contributed by atoms with Crippen molar-refractivity contribution in [3.8, 4) is 5.75 Å². The molecule has 0 unspecified atom stereocenters. The zero-order valence-corrected chi connectivity index (χ0v) is 12.5. The fourth-order valence-electron chi connectivity index (χ4n) is 1.82. The maximum absolute atomic E-state index is 12.1. The summed E-state index contributed by atoms with van der Waals surface area (Å²) in [6, 6.07) is 13.3. The number of aryl methyl sites for hydroxylation is 2. The molecule has 0 aliphatic rings. The number of Topliss-reactive ketones (excluding diaryl/α,β-unsaturated/α-hetero) is 1. The normalized spacial score (nSPS) is 10.3. The van der Waals surface area contributed by atoms with Crippen LogP contribution in [0.4, 0.5) is 0 Å². The topological polar surface area (TPSA) is 26.3 Å². The Morgan fingerprint density at radius 1 is 1.16 bits per heavy atom. The predicted octanol–water partition coefficient (Wildman–Crippen LogP) is 4.33. The maximum Gasteiger partial charge on any atom is 0.200 e. The van der Waals surface area contributed by atoms with E-state index in [9.17, 15) is 4.79 Å². The van der Waals surface area contributed by atoms with E-state index in [2.05, 4.69) is 15.9 Å². The number of ketones is 1. The Bertz CT molecular complexity index is 605. The van der Waals surface area contributed by atoms with Gasteiger partial charge >= 0.3 is 0 Å². The minimum atomic E-state index is 0.00109. The maximum atomic E-state index is 12.1. The van der Waals surface area contributed by atoms with Crippen molar-refractivity contribution in [1.82, 2.24) is 0 Å². The van der Waals surface area contributed by atoms with Gasteiger partial charge in [-0.1, -0.05) is 39.7 Å². The fraction of sp³-hybridized carbons (Fsp3) is 0.188. The highest BCUT2D eigenvalue weighted by Crippen LogP contribution is 2.18. The van der Waals surface area contributed by atoms with Gasteiger partial charge in [0, 0.05) is 10.0 Å². The third-order valence-electron chi connectivity index (χ3n) is 2.86. The summed E-state index contributed by atoms with van der Waals surface area (Å²) in [5.41, 5.74) is 2.79. The second kappa shape index (κ2) is 6.02. The molecule has 0 bridgehead atoms. The molecule has 0 heterocycles. The minimum absolute atomic E-state index is 0.00109. The highest BCUT2D eigenvalue weighted by Gasteiger charge is 2.10. The number of hydrogen-bond acceptors (Lipinski definition) is 2. The van der Waals surface area contributed by atoms with Crippen LogP contribution in [0.3, 0.4) is 0 Å². The lowest BCUT2D eigenvalue weighted by molar-refractivity contribution is 0.0921. The quantitative estimate of drug-likeness (QED) is 0.784. The molecule has 2 rings (SSSR count). The lowest BCUT2D eigenvalue weighted by atomic mass is 10.0. The van der Waals surface area contributed by atoms with Crippen LogP contribution < -0.4 is 4.74 Å². The van der Waals surface area contributed by atoms with Gasteiger partial charge in [-0.25, -0.2) is 0 Å². The van der Waals surface area contributed by atoms with E-state index in [1.165, 1.54) is 0 Å². The predicted molar refractivity (Wildman–Crippen MR) is 79.9 cm³/mol. The Balaban J connectivity index is 2.07. The van der Waals surface area contributed by atoms with Gasteiger partial charge < -0.3 is 4.74 Å². The van der Waals surface area contributed by atoms with Crippen molar-refractivity contribution >= 4 is 21.7 Å². The molecule has 0 saturated heterocycles. The van der Waals surface area contributed by atoms with E-state index in [0.717, 1.165) is 21.2 Å². The van der Waals surface area contributed by atoms with Crippen LogP contribution in [0.1, 0.15) is 21.5 Å². The minimum Gasteiger partial charge on any atom is -0.485 e. The summed E-state index contributed by atoms with van der Waals surface area (Å²) in [5, 5.41) is 0. The largest absolute Gasteiger partial charge is 0.485 e. The van der Waals surface area contributed by atoms with E-state index in [-0.39, 0.29) is 12.4 Å². The number of carbonyl (C=O) groups excluding carboxylic acids is 1. The average molecular weight is 319 g/mol. The molecule has 0 spiro atoms. The average Bonchev–Trinajstić information content (AvgIpc) is 2.39. The van der Waals surface area contributed by atoms with Crippen molar-refractivity contribution in [2.45, 2.75) is 13.8 Å². The van der Waals surface area contributed by atoms with Gasteiger partial charge in [0.25, 0.3) is 0 Å². The molecule has 0 saturated carbocycles. The molecule has 0 atom stereocenters. The second-order valence-corrected chi connectivity index (χ2v) is 5.40. The third kappa shape index (κ3) is 3.67. The highest BCUT2D eigenvalue weighted by atomic mass is 79.9. The van der Waals surface area contributed by atoms with Crippen LogP contribution in [-0.4, -0.2) is 12.4 Å². The second-order valence-electron chi connectivity index (χ2n) is 4.49. The molecule has 0 aliphatic carbocycles. The van der Waals surface area contributed by atoms with Gasteiger partial charge in [-0.2, -0.15) is 0 Å². The SMILES string of the molecule is Cc1ccc(C)c(C(=O)COc2cccc(Br)c2)c1. The number of rotatable bonds is 4. The molecule has 0 fully saturated rings. The van der Waals surface area contributed by atoms with E-state index < -0.39 is 0 Å². The first-order chi connectivity index (χ1) is 9.06. The van der Waals surface area contributed by atoms with Crippen molar-refractivity contribution in [2.75, 3.05) is 6.61 Å². The number of benzene rings is 2. The first-order valence-electron chi connectivity index (χ1n) is 6.05. The van der Waals surface area contributed by atoms with Crippen molar-refractivity contribution in [3.63, 3.8) is 0 Å². The molecule has 3 heteroatoms. The van der Waals surface area contributed by atoms with Gasteiger partial charge in [0.05, 0.1) is 0 Å². The Kier molecular flexibility index (Phi) is 4.38. The molecule has 0 N–H and O–H groups in total. The molecule has 19 heavy (non-hydrogen) atoms. The lowest BCUT2D eigenvalue weighted by Crippen LogP contribution is -2.13. The van der Waals surface area contributed by atoms with Crippen LogP contribution in [0.25, 0.3) is 0 Å². The lowest BCUT2D eigenvalue weighted by Gasteiger charge is -2.08. The molecular formula is C16H15BrO2. The smallest absolute Gasteiger partial charge is 0.200 e. The van der Waals surface area contributed by atoms with Crippen LogP contribution >= 0.6 is 15.9 Å². The van der Waals surface area contributed by atoms with Crippen molar-refractivity contribution in [2.24, 2.45) is 0 Å². The first kappa shape index (κ1) is 13.8. The van der Waals surface area contributed by atoms with Gasteiger partial charge in [-0.15, -0.1) is 0 Å². The van der Waals surface area contributed by atoms with Crippen LogP contribution in [-0.2, 0) is 0 Å². The van der Waals surface area contributed by atoms with Gasteiger partial charge in [0.15, 0.2) is 12.4 Å². The van der Waals surface area contributed by atoms with Gasteiger partial charge in [0.1, 0.15) is 5.75 Å². The monoisotopic (exact) mass is 318 g/mol. The zero-order chi connectivity index (χ0) is 13.8. The number of carbonyl (C=O) groups is 1. The first-order valence-corrected chi connectivity index (χ1v) is 6.84. The summed E-state index contributed by atoms with van der Waals surface area (Å²) >= 11 is 3.37. The van der Waals surface area contributed by atoms with Crippen LogP contribution in [0.15, 0.2) is 46.9 Å². The van der Waals surface area contributed by atoms with E-state index in [0.29, 0.717) is 5.75 Å². The van der Waals surface area contributed by atoms with Crippen LogP contribution in [0.2, 0.25) is 0 Å². The number of ether oxygens (including phenoxy) is 1. The Morgan fingerprint density at radius 2 is 1.95 bits per heavy atom. The highest BCUT2D eigenvalue weighted by molar-refractivity contribution is 9.10. The molecule has 2 aromatic carbocycles. The van der Waals surface area contributed by atoms with E-state index in [1.807, 2.05) is 56.3 Å². The zero-order valence-electron chi connectivity index (χ0n) is 10.9. The molecule has 0 radical (unpaired) electrons. The summed E-state index contributed by atoms with van der Waals surface area (Å²) in [7, 11) is 0. The molecule has 0 amide bonds.